The maximum absolute atomic E-state index is 4.97. The molecule has 0 radical (unpaired) electrons. The second-order valence-electron chi connectivity index (χ2n) is 4.14. The van der Waals surface area contributed by atoms with Crippen molar-refractivity contribution in [1.82, 2.24) is 15.0 Å². The lowest BCUT2D eigenvalue weighted by molar-refractivity contribution is 0.302. The molecule has 0 spiro atoms. The summed E-state index contributed by atoms with van der Waals surface area (Å²) in [7, 11) is 3.04. The quantitative estimate of drug-likeness (QED) is 0.809. The molecule has 0 atom stereocenters. The van der Waals surface area contributed by atoms with E-state index in [-0.39, 0.29) is 12.0 Å². The molecule has 1 heterocycles. The van der Waals surface area contributed by atoms with E-state index < -0.39 is 0 Å². The summed E-state index contributed by atoms with van der Waals surface area (Å²) in [6, 6.07) is 0.533. The number of aromatic nitrogens is 3. The van der Waals surface area contributed by atoms with Gasteiger partial charge in [-0.25, -0.2) is 0 Å². The number of methoxy groups -OCH3 is 2. The third-order valence-corrected chi connectivity index (χ3v) is 3.02. The van der Waals surface area contributed by atoms with Gasteiger partial charge in [-0.1, -0.05) is 19.3 Å². The van der Waals surface area contributed by atoms with E-state index in [1.807, 2.05) is 0 Å². The third kappa shape index (κ3) is 3.18. The fourth-order valence-corrected chi connectivity index (χ4v) is 1.77. The molecule has 0 bridgehead atoms. The van der Waals surface area contributed by atoms with E-state index in [0.29, 0.717) is 5.95 Å². The molecule has 0 saturated heterocycles. The van der Waals surface area contributed by atoms with Gasteiger partial charge < -0.3 is 14.8 Å². The van der Waals surface area contributed by atoms with Crippen LogP contribution in [-0.4, -0.2) is 35.7 Å². The number of hydrogen-bond acceptors (Lipinski definition) is 6. The molecule has 2 rings (SSSR count). The van der Waals surface area contributed by atoms with Gasteiger partial charge in [0.05, 0.1) is 14.2 Å². The molecule has 1 aromatic heterocycles. The lowest BCUT2D eigenvalue weighted by atomic mass is 9.83. The Morgan fingerprint density at radius 2 is 1.76 bits per heavy atom. The Bertz CT molecular complexity index is 346. The van der Waals surface area contributed by atoms with Crippen LogP contribution in [0.4, 0.5) is 5.95 Å². The molecular formula is C11H18N4O2. The summed E-state index contributed by atoms with van der Waals surface area (Å²) in [5, 5.41) is 3.17. The summed E-state index contributed by atoms with van der Waals surface area (Å²) in [5.41, 5.74) is 0. The molecule has 6 heteroatoms. The molecule has 6 nitrogen and oxygen atoms in total. The first kappa shape index (κ1) is 11.9. The lowest BCUT2D eigenvalue weighted by Gasteiger charge is -2.25. The first-order valence-corrected chi connectivity index (χ1v) is 5.89. The Labute approximate surface area is 101 Å². The third-order valence-electron chi connectivity index (χ3n) is 3.02. The van der Waals surface area contributed by atoms with Gasteiger partial charge in [0.25, 0.3) is 0 Å². The van der Waals surface area contributed by atoms with Gasteiger partial charge in [-0.2, -0.15) is 9.97 Å². The van der Waals surface area contributed by atoms with Gasteiger partial charge in [0.15, 0.2) is 0 Å². The number of hydrogen-bond donors (Lipinski definition) is 1. The summed E-state index contributed by atoms with van der Waals surface area (Å²) in [6.45, 7) is 0.876. The van der Waals surface area contributed by atoms with Crippen molar-refractivity contribution >= 4 is 5.95 Å². The zero-order valence-electron chi connectivity index (χ0n) is 10.3. The number of nitrogens with zero attached hydrogens (tertiary/aromatic N) is 3. The second kappa shape index (κ2) is 5.65. The highest BCUT2D eigenvalue weighted by atomic mass is 16.5. The molecule has 0 aromatic carbocycles. The molecule has 17 heavy (non-hydrogen) atoms. The first-order chi connectivity index (χ1) is 8.31. The van der Waals surface area contributed by atoms with Crippen molar-refractivity contribution in [1.29, 1.82) is 0 Å². The standard InChI is InChI=1S/C11H18N4O2/c1-16-10-13-9(14-11(15-10)17-2)12-7-6-8-4-3-5-8/h8H,3-7H2,1-2H3,(H,12,13,14,15). The Balaban J connectivity index is 1.89. The van der Waals surface area contributed by atoms with E-state index in [4.69, 9.17) is 9.47 Å². The normalized spacial score (nSPS) is 15.2. The Morgan fingerprint density at radius 1 is 1.12 bits per heavy atom. The van der Waals surface area contributed by atoms with E-state index in [0.717, 1.165) is 18.9 Å². The van der Waals surface area contributed by atoms with Gasteiger partial charge in [-0.15, -0.1) is 4.98 Å². The predicted molar refractivity (Wildman–Crippen MR) is 63.4 cm³/mol. The summed E-state index contributed by atoms with van der Waals surface area (Å²) < 4.78 is 9.95. The minimum absolute atomic E-state index is 0.267. The van der Waals surface area contributed by atoms with Crippen molar-refractivity contribution in [3.8, 4) is 12.0 Å². The summed E-state index contributed by atoms with van der Waals surface area (Å²) in [6.07, 6.45) is 5.24. The molecule has 1 aliphatic carbocycles. The second-order valence-corrected chi connectivity index (χ2v) is 4.14. The van der Waals surface area contributed by atoms with E-state index >= 15 is 0 Å². The topological polar surface area (TPSA) is 69.2 Å². The maximum Gasteiger partial charge on any atom is 0.324 e. The monoisotopic (exact) mass is 238 g/mol. The van der Waals surface area contributed by atoms with Crippen molar-refractivity contribution in [2.45, 2.75) is 25.7 Å². The van der Waals surface area contributed by atoms with E-state index in [2.05, 4.69) is 20.3 Å². The number of rotatable bonds is 6. The summed E-state index contributed by atoms with van der Waals surface area (Å²) in [4.78, 5) is 12.1. The highest BCUT2D eigenvalue weighted by Crippen LogP contribution is 2.29. The van der Waals surface area contributed by atoms with Gasteiger partial charge in [0, 0.05) is 6.54 Å². The molecule has 94 valence electrons. The van der Waals surface area contributed by atoms with Crippen molar-refractivity contribution < 1.29 is 9.47 Å². The minimum Gasteiger partial charge on any atom is -0.467 e. The molecule has 0 amide bonds. The Morgan fingerprint density at radius 3 is 2.24 bits per heavy atom. The van der Waals surface area contributed by atoms with Crippen LogP contribution in [0, 0.1) is 5.92 Å². The molecule has 0 unspecified atom stereocenters. The SMILES string of the molecule is COc1nc(NCCC2CCC2)nc(OC)n1. The van der Waals surface area contributed by atoms with Gasteiger partial charge in [0.2, 0.25) is 5.95 Å². The zero-order valence-corrected chi connectivity index (χ0v) is 10.3. The van der Waals surface area contributed by atoms with Crippen LogP contribution in [0.1, 0.15) is 25.7 Å². The van der Waals surface area contributed by atoms with Gasteiger partial charge >= 0.3 is 12.0 Å². The average Bonchev–Trinajstić information content (AvgIpc) is 2.31. The molecule has 1 aliphatic rings. The van der Waals surface area contributed by atoms with Crippen LogP contribution in [0.2, 0.25) is 0 Å². The molecule has 1 saturated carbocycles. The van der Waals surface area contributed by atoms with E-state index in [1.54, 1.807) is 0 Å². The molecular weight excluding hydrogens is 220 g/mol. The van der Waals surface area contributed by atoms with Crippen LogP contribution in [0.25, 0.3) is 0 Å². The Hall–Kier alpha value is -1.59. The fourth-order valence-electron chi connectivity index (χ4n) is 1.77. The van der Waals surface area contributed by atoms with Crippen LogP contribution in [-0.2, 0) is 0 Å². The summed E-state index contributed by atoms with van der Waals surface area (Å²) >= 11 is 0. The summed E-state index contributed by atoms with van der Waals surface area (Å²) in [5.74, 6) is 1.38. The highest BCUT2D eigenvalue weighted by molar-refractivity contribution is 5.27. The minimum atomic E-state index is 0.267. The lowest BCUT2D eigenvalue weighted by Crippen LogP contribution is -2.16. The van der Waals surface area contributed by atoms with Crippen LogP contribution < -0.4 is 14.8 Å². The molecule has 1 N–H and O–H groups in total. The van der Waals surface area contributed by atoms with Gasteiger partial charge in [-0.3, -0.25) is 0 Å². The first-order valence-electron chi connectivity index (χ1n) is 5.89. The average molecular weight is 238 g/mol. The number of ether oxygens (including phenoxy) is 2. The number of nitrogens with one attached hydrogen (secondary N) is 1. The van der Waals surface area contributed by atoms with Crippen molar-refractivity contribution in [2.24, 2.45) is 5.92 Å². The predicted octanol–water partition coefficient (Wildman–Crippen LogP) is 1.49. The highest BCUT2D eigenvalue weighted by Gasteiger charge is 2.16. The number of anilines is 1. The smallest absolute Gasteiger partial charge is 0.324 e. The van der Waals surface area contributed by atoms with Crippen LogP contribution in [0.3, 0.4) is 0 Å². The van der Waals surface area contributed by atoms with Crippen LogP contribution in [0.15, 0.2) is 0 Å². The van der Waals surface area contributed by atoms with Crippen molar-refractivity contribution in [3.05, 3.63) is 0 Å². The van der Waals surface area contributed by atoms with Crippen LogP contribution in [0.5, 0.6) is 12.0 Å². The molecule has 1 fully saturated rings. The fraction of sp³-hybridized carbons (Fsp3) is 0.727. The van der Waals surface area contributed by atoms with Gasteiger partial charge in [0.1, 0.15) is 0 Å². The van der Waals surface area contributed by atoms with E-state index in [9.17, 15) is 0 Å². The van der Waals surface area contributed by atoms with E-state index in [1.165, 1.54) is 33.5 Å². The maximum atomic E-state index is 4.97. The van der Waals surface area contributed by atoms with Crippen LogP contribution >= 0.6 is 0 Å². The van der Waals surface area contributed by atoms with Gasteiger partial charge in [-0.05, 0) is 12.3 Å². The molecule has 0 aliphatic heterocycles. The van der Waals surface area contributed by atoms with Crippen molar-refractivity contribution in [3.63, 3.8) is 0 Å². The Kier molecular flexibility index (Phi) is 3.95. The zero-order chi connectivity index (χ0) is 12.1. The van der Waals surface area contributed by atoms with Crippen molar-refractivity contribution in [2.75, 3.05) is 26.1 Å². The largest absolute Gasteiger partial charge is 0.467 e. The molecule has 1 aromatic rings.